The average molecular weight is 367 g/mol. The smallest absolute Gasteiger partial charge is 0.274 e. The summed E-state index contributed by atoms with van der Waals surface area (Å²) in [5, 5.41) is 8.56. The fraction of sp³-hybridized carbons (Fsp3) is 0.316. The molecule has 1 aliphatic rings. The molecule has 4 rings (SSSR count). The van der Waals surface area contributed by atoms with E-state index in [4.69, 9.17) is 0 Å². The van der Waals surface area contributed by atoms with E-state index >= 15 is 0 Å². The van der Waals surface area contributed by atoms with Gasteiger partial charge in [-0.1, -0.05) is 29.4 Å². The van der Waals surface area contributed by atoms with E-state index in [1.807, 2.05) is 17.5 Å². The standard InChI is InChI=1S/C19H21N5OS/c1-12-5-3-6-15(13(12)2)20-9-8-14-11-17(25)24-19(21-14)22-18(23-24)16-7-4-10-26-16/h3-5,7,10-11,15,20H,6,8-9H2,1-2H3,(H,21,22,23). The maximum Gasteiger partial charge on any atom is 0.274 e. The summed E-state index contributed by atoms with van der Waals surface area (Å²) < 4.78 is 1.40. The summed E-state index contributed by atoms with van der Waals surface area (Å²) in [5.74, 6) is 1.09. The molecule has 0 amide bonds. The summed E-state index contributed by atoms with van der Waals surface area (Å²) in [4.78, 5) is 22.4. The van der Waals surface area contributed by atoms with Gasteiger partial charge in [-0.2, -0.15) is 9.50 Å². The summed E-state index contributed by atoms with van der Waals surface area (Å²) in [7, 11) is 0. The van der Waals surface area contributed by atoms with Crippen LogP contribution in [0.2, 0.25) is 0 Å². The maximum absolute atomic E-state index is 12.4. The Balaban J connectivity index is 1.49. The zero-order valence-electron chi connectivity index (χ0n) is 14.8. The molecular formula is C19H21N5OS. The molecule has 1 atom stereocenters. The number of aromatic amines is 1. The molecule has 1 aliphatic carbocycles. The normalized spacial score (nSPS) is 17.4. The summed E-state index contributed by atoms with van der Waals surface area (Å²) in [6.45, 7) is 5.08. The van der Waals surface area contributed by atoms with Crippen LogP contribution in [0.25, 0.3) is 16.5 Å². The van der Waals surface area contributed by atoms with Gasteiger partial charge in [0, 0.05) is 25.1 Å². The van der Waals surface area contributed by atoms with Crippen LogP contribution in [-0.2, 0) is 6.42 Å². The molecule has 1 unspecified atom stereocenters. The van der Waals surface area contributed by atoms with Crippen molar-refractivity contribution >= 4 is 17.1 Å². The van der Waals surface area contributed by atoms with Gasteiger partial charge in [0.1, 0.15) is 0 Å². The molecule has 0 aromatic carbocycles. The Morgan fingerprint density at radius 3 is 3.08 bits per heavy atom. The molecule has 134 valence electrons. The third-order valence-corrected chi connectivity index (χ3v) is 5.67. The Kier molecular flexibility index (Phi) is 4.57. The molecule has 6 nitrogen and oxygen atoms in total. The van der Waals surface area contributed by atoms with Crippen LogP contribution in [0.15, 0.2) is 51.7 Å². The lowest BCUT2D eigenvalue weighted by molar-refractivity contribution is 0.565. The second-order valence-corrected chi connectivity index (χ2v) is 7.48. The van der Waals surface area contributed by atoms with Crippen LogP contribution >= 0.6 is 11.3 Å². The highest BCUT2D eigenvalue weighted by Crippen LogP contribution is 2.21. The summed E-state index contributed by atoms with van der Waals surface area (Å²) in [5.41, 5.74) is 3.33. The van der Waals surface area contributed by atoms with E-state index in [1.165, 1.54) is 15.7 Å². The van der Waals surface area contributed by atoms with Crippen LogP contribution < -0.4 is 10.9 Å². The lowest BCUT2D eigenvalue weighted by Crippen LogP contribution is -2.33. The van der Waals surface area contributed by atoms with Crippen LogP contribution in [0.1, 0.15) is 26.0 Å². The molecule has 0 spiro atoms. The first kappa shape index (κ1) is 16.9. The molecule has 0 fully saturated rings. The Morgan fingerprint density at radius 1 is 1.38 bits per heavy atom. The van der Waals surface area contributed by atoms with E-state index in [9.17, 15) is 4.79 Å². The predicted molar refractivity (Wildman–Crippen MR) is 105 cm³/mol. The summed E-state index contributed by atoms with van der Waals surface area (Å²) in [6, 6.07) is 5.87. The molecule has 3 aromatic rings. The molecule has 0 saturated carbocycles. The van der Waals surface area contributed by atoms with Crippen molar-refractivity contribution in [1.29, 1.82) is 0 Å². The van der Waals surface area contributed by atoms with Crippen molar-refractivity contribution in [3.05, 3.63) is 62.9 Å². The lowest BCUT2D eigenvalue weighted by Gasteiger charge is -2.22. The lowest BCUT2D eigenvalue weighted by atomic mass is 9.95. The van der Waals surface area contributed by atoms with Crippen LogP contribution in [0.3, 0.4) is 0 Å². The maximum atomic E-state index is 12.4. The summed E-state index contributed by atoms with van der Waals surface area (Å²) in [6.07, 6.45) is 6.07. The average Bonchev–Trinajstić information content (AvgIpc) is 3.28. The molecule has 0 radical (unpaired) electrons. The molecule has 3 heterocycles. The highest BCUT2D eigenvalue weighted by Gasteiger charge is 2.14. The SMILES string of the molecule is CC1=C(C)C(NCCc2cc(=O)n3[nH]c(-c4cccs4)nc3n2)CC=C1. The fourth-order valence-corrected chi connectivity index (χ4v) is 3.82. The number of fused-ring (bicyclic) bond motifs is 1. The van der Waals surface area contributed by atoms with Gasteiger partial charge in [-0.15, -0.1) is 11.3 Å². The molecular weight excluding hydrogens is 346 g/mol. The van der Waals surface area contributed by atoms with Crippen molar-refractivity contribution in [1.82, 2.24) is 24.9 Å². The van der Waals surface area contributed by atoms with E-state index in [0.717, 1.165) is 23.5 Å². The molecule has 0 aliphatic heterocycles. The van der Waals surface area contributed by atoms with Crippen LogP contribution in [0.4, 0.5) is 0 Å². The van der Waals surface area contributed by atoms with Crippen LogP contribution in [-0.4, -0.2) is 32.2 Å². The number of aromatic nitrogens is 4. The van der Waals surface area contributed by atoms with Crippen LogP contribution in [0, 0.1) is 0 Å². The number of thiophene rings is 1. The van der Waals surface area contributed by atoms with Gasteiger partial charge in [-0.3, -0.25) is 9.89 Å². The van der Waals surface area contributed by atoms with Gasteiger partial charge in [0.25, 0.3) is 11.3 Å². The third-order valence-electron chi connectivity index (χ3n) is 4.79. The number of rotatable bonds is 5. The van der Waals surface area contributed by atoms with E-state index in [-0.39, 0.29) is 5.56 Å². The van der Waals surface area contributed by atoms with Crippen molar-refractivity contribution in [2.75, 3.05) is 6.54 Å². The van der Waals surface area contributed by atoms with E-state index in [1.54, 1.807) is 17.4 Å². The molecule has 26 heavy (non-hydrogen) atoms. The minimum Gasteiger partial charge on any atom is -0.310 e. The molecule has 2 N–H and O–H groups in total. The molecule has 3 aromatic heterocycles. The number of nitrogens with one attached hydrogen (secondary N) is 2. The molecule has 7 heteroatoms. The second-order valence-electron chi connectivity index (χ2n) is 6.53. The Hall–Kier alpha value is -2.51. The van der Waals surface area contributed by atoms with Gasteiger partial charge in [0.2, 0.25) is 0 Å². The largest absolute Gasteiger partial charge is 0.310 e. The van der Waals surface area contributed by atoms with Crippen molar-refractivity contribution < 1.29 is 0 Å². The van der Waals surface area contributed by atoms with Crippen molar-refractivity contribution in [2.24, 2.45) is 0 Å². The predicted octanol–water partition coefficient (Wildman–Crippen LogP) is 2.94. The quantitative estimate of drug-likeness (QED) is 0.727. The highest BCUT2D eigenvalue weighted by atomic mass is 32.1. The Labute approximate surface area is 155 Å². The number of allylic oxidation sites excluding steroid dienone is 2. The Morgan fingerprint density at radius 2 is 2.27 bits per heavy atom. The van der Waals surface area contributed by atoms with Crippen LogP contribution in [0.5, 0.6) is 0 Å². The monoisotopic (exact) mass is 367 g/mol. The Bertz CT molecular complexity index is 1040. The van der Waals surface area contributed by atoms with Crippen molar-refractivity contribution in [3.63, 3.8) is 0 Å². The number of nitrogens with zero attached hydrogens (tertiary/aromatic N) is 3. The van der Waals surface area contributed by atoms with Gasteiger partial charge in [0.15, 0.2) is 5.82 Å². The third kappa shape index (κ3) is 3.27. The molecule has 0 bridgehead atoms. The van der Waals surface area contributed by atoms with Gasteiger partial charge >= 0.3 is 0 Å². The highest BCUT2D eigenvalue weighted by molar-refractivity contribution is 7.13. The number of H-pyrrole nitrogens is 1. The van der Waals surface area contributed by atoms with Gasteiger partial charge in [-0.25, -0.2) is 4.98 Å². The zero-order valence-corrected chi connectivity index (χ0v) is 15.6. The minimum absolute atomic E-state index is 0.132. The van der Waals surface area contributed by atoms with Gasteiger partial charge in [0.05, 0.1) is 10.6 Å². The van der Waals surface area contributed by atoms with E-state index in [2.05, 4.69) is 46.4 Å². The molecule has 0 saturated heterocycles. The zero-order chi connectivity index (χ0) is 18.1. The van der Waals surface area contributed by atoms with Crippen molar-refractivity contribution in [2.45, 2.75) is 32.7 Å². The van der Waals surface area contributed by atoms with Crippen molar-refractivity contribution in [3.8, 4) is 10.7 Å². The van der Waals surface area contributed by atoms with Gasteiger partial charge < -0.3 is 5.32 Å². The fourth-order valence-electron chi connectivity index (χ4n) is 3.15. The second kappa shape index (κ2) is 7.01. The summed E-state index contributed by atoms with van der Waals surface area (Å²) >= 11 is 1.57. The minimum atomic E-state index is -0.132. The topological polar surface area (TPSA) is 75.1 Å². The number of hydrogen-bond acceptors (Lipinski definition) is 5. The van der Waals surface area contributed by atoms with E-state index in [0.29, 0.717) is 24.1 Å². The first-order valence-corrected chi connectivity index (χ1v) is 9.59. The van der Waals surface area contributed by atoms with E-state index < -0.39 is 0 Å². The first-order chi connectivity index (χ1) is 12.6. The van der Waals surface area contributed by atoms with Gasteiger partial charge in [-0.05, 0) is 31.7 Å². The number of hydrogen-bond donors (Lipinski definition) is 2. The first-order valence-electron chi connectivity index (χ1n) is 8.71.